The molecule has 2 fully saturated rings. The molecular formula is C25H29NO3S2. The summed E-state index contributed by atoms with van der Waals surface area (Å²) < 4.78 is 5.70. The highest BCUT2D eigenvalue weighted by atomic mass is 32.2. The Morgan fingerprint density at radius 3 is 2.68 bits per heavy atom. The summed E-state index contributed by atoms with van der Waals surface area (Å²) in [4.78, 5) is 27.1. The number of nitrogens with zero attached hydrogens (tertiary/aromatic N) is 1. The molecule has 0 unspecified atom stereocenters. The fraction of sp³-hybridized carbons (Fsp3) is 0.440. The highest BCUT2D eigenvalue weighted by Crippen LogP contribution is 2.52. The second kappa shape index (κ2) is 8.91. The second-order valence-corrected chi connectivity index (χ2v) is 11.9. The molecule has 4 rings (SSSR count). The van der Waals surface area contributed by atoms with Crippen molar-refractivity contribution in [2.45, 2.75) is 54.7 Å². The van der Waals surface area contributed by atoms with Gasteiger partial charge in [0.2, 0.25) is 0 Å². The summed E-state index contributed by atoms with van der Waals surface area (Å²) in [5.74, 6) is 1.97. The third-order valence-electron chi connectivity index (χ3n) is 6.34. The Hall–Kier alpha value is -1.92. The van der Waals surface area contributed by atoms with E-state index in [0.717, 1.165) is 35.5 Å². The molecule has 1 aromatic rings. The third-order valence-corrected chi connectivity index (χ3v) is 9.75. The molecule has 164 valence electrons. The van der Waals surface area contributed by atoms with Gasteiger partial charge in [-0.2, -0.15) is 0 Å². The normalized spacial score (nSPS) is 26.1. The van der Waals surface area contributed by atoms with Crippen molar-refractivity contribution in [3.05, 3.63) is 72.4 Å². The molecule has 1 aliphatic carbocycles. The molecule has 6 heteroatoms. The number of thioether (sulfide) groups is 2. The highest BCUT2D eigenvalue weighted by molar-refractivity contribution is 8.18. The van der Waals surface area contributed by atoms with E-state index in [9.17, 15) is 9.59 Å². The number of imide groups is 1. The molecule has 4 nitrogen and oxygen atoms in total. The molecule has 2 aliphatic heterocycles. The maximum Gasteiger partial charge on any atom is 0.417 e. The van der Waals surface area contributed by atoms with E-state index in [1.807, 2.05) is 53.9 Å². The van der Waals surface area contributed by atoms with Crippen LogP contribution in [0.25, 0.3) is 0 Å². The first-order chi connectivity index (χ1) is 14.9. The minimum absolute atomic E-state index is 0.0332. The van der Waals surface area contributed by atoms with Gasteiger partial charge in [0, 0.05) is 5.41 Å². The first-order valence-electron chi connectivity index (χ1n) is 10.7. The van der Waals surface area contributed by atoms with E-state index in [1.165, 1.54) is 11.3 Å². The summed E-state index contributed by atoms with van der Waals surface area (Å²) in [5.41, 5.74) is 1.79. The van der Waals surface area contributed by atoms with Gasteiger partial charge in [-0.3, -0.25) is 4.79 Å². The molecule has 31 heavy (non-hydrogen) atoms. The summed E-state index contributed by atoms with van der Waals surface area (Å²) in [7, 11) is 0. The van der Waals surface area contributed by atoms with Crippen molar-refractivity contribution in [2.75, 3.05) is 11.5 Å². The Labute approximate surface area is 193 Å². The Balaban J connectivity index is 1.50. The Kier molecular flexibility index (Phi) is 6.40. The van der Waals surface area contributed by atoms with Crippen LogP contribution in [0.4, 0.5) is 4.79 Å². The van der Waals surface area contributed by atoms with E-state index in [1.54, 1.807) is 12.2 Å². The van der Waals surface area contributed by atoms with Crippen LogP contribution in [-0.2, 0) is 14.9 Å². The average molecular weight is 456 g/mol. The highest BCUT2D eigenvalue weighted by Gasteiger charge is 2.58. The van der Waals surface area contributed by atoms with E-state index in [2.05, 4.69) is 32.6 Å². The zero-order valence-electron chi connectivity index (χ0n) is 18.1. The van der Waals surface area contributed by atoms with Gasteiger partial charge in [0.25, 0.3) is 5.91 Å². The smallest absolute Gasteiger partial charge is 0.417 e. The molecule has 1 aromatic carbocycles. The fourth-order valence-electron chi connectivity index (χ4n) is 4.83. The van der Waals surface area contributed by atoms with Crippen LogP contribution in [0.1, 0.15) is 50.3 Å². The molecule has 0 N–H and O–H groups in total. The lowest BCUT2D eigenvalue weighted by atomic mass is 9.82. The van der Waals surface area contributed by atoms with Crippen molar-refractivity contribution < 1.29 is 14.3 Å². The van der Waals surface area contributed by atoms with Crippen LogP contribution in [0.15, 0.2) is 61.2 Å². The quantitative estimate of drug-likeness (QED) is 0.388. The molecule has 0 radical (unpaired) electrons. The van der Waals surface area contributed by atoms with E-state index in [4.69, 9.17) is 4.74 Å². The van der Waals surface area contributed by atoms with Crippen LogP contribution in [0.2, 0.25) is 0 Å². The number of rotatable bonds is 6. The minimum Gasteiger partial charge on any atom is -0.439 e. The van der Waals surface area contributed by atoms with Gasteiger partial charge in [-0.15, -0.1) is 23.5 Å². The molecule has 3 aliphatic rings. The zero-order chi connectivity index (χ0) is 22.1. The van der Waals surface area contributed by atoms with Crippen molar-refractivity contribution in [1.29, 1.82) is 0 Å². The summed E-state index contributed by atoms with van der Waals surface area (Å²) in [6.07, 6.45) is 11.4. The maximum absolute atomic E-state index is 13.1. The number of carbonyl (C=O) groups excluding carboxylic acids is 2. The summed E-state index contributed by atoms with van der Waals surface area (Å²) in [6.45, 7) is 7.91. The molecule has 0 aromatic heterocycles. The van der Waals surface area contributed by atoms with Gasteiger partial charge in [-0.1, -0.05) is 69.0 Å². The van der Waals surface area contributed by atoms with E-state index < -0.39 is 12.2 Å². The second-order valence-electron chi connectivity index (χ2n) is 8.70. The molecule has 2 saturated heterocycles. The predicted octanol–water partition coefficient (Wildman–Crippen LogP) is 6.01. The van der Waals surface area contributed by atoms with Gasteiger partial charge in [0.05, 0.1) is 10.1 Å². The molecule has 0 saturated carbocycles. The monoisotopic (exact) mass is 455 g/mol. The van der Waals surface area contributed by atoms with Crippen LogP contribution in [0, 0.1) is 0 Å². The molecule has 0 bridgehead atoms. The van der Waals surface area contributed by atoms with Crippen molar-refractivity contribution in [3.63, 3.8) is 0 Å². The molecule has 2 amide bonds. The SMILES string of the molecule is C=C/C=C/CC1(C/C=C/C(=O)N2C(=O)O[C@H]3c4ccccc4C(C)(C)[C@H]32)SCCCS1. The first kappa shape index (κ1) is 22.3. The van der Waals surface area contributed by atoms with Gasteiger partial charge >= 0.3 is 6.09 Å². The number of carbonyl (C=O) groups is 2. The summed E-state index contributed by atoms with van der Waals surface area (Å²) >= 11 is 3.92. The van der Waals surface area contributed by atoms with Crippen LogP contribution in [0.5, 0.6) is 0 Å². The largest absolute Gasteiger partial charge is 0.439 e. The number of allylic oxidation sites excluding steroid dienone is 4. The summed E-state index contributed by atoms with van der Waals surface area (Å²) in [5, 5.41) is 0. The lowest BCUT2D eigenvalue weighted by Crippen LogP contribution is -2.46. The van der Waals surface area contributed by atoms with Crippen LogP contribution < -0.4 is 0 Å². The number of benzene rings is 1. The Morgan fingerprint density at radius 1 is 1.23 bits per heavy atom. The topological polar surface area (TPSA) is 46.6 Å². The first-order valence-corrected chi connectivity index (χ1v) is 12.7. The minimum atomic E-state index is -0.544. The predicted molar refractivity (Wildman–Crippen MR) is 129 cm³/mol. The van der Waals surface area contributed by atoms with Gasteiger partial charge < -0.3 is 4.74 Å². The summed E-state index contributed by atoms with van der Waals surface area (Å²) in [6, 6.07) is 7.69. The number of hydrogen-bond acceptors (Lipinski definition) is 5. The number of amides is 2. The van der Waals surface area contributed by atoms with Crippen molar-refractivity contribution >= 4 is 35.5 Å². The van der Waals surface area contributed by atoms with E-state index >= 15 is 0 Å². The number of fused-ring (bicyclic) bond motifs is 3. The van der Waals surface area contributed by atoms with Gasteiger partial charge in [0.1, 0.15) is 0 Å². The molecule has 2 heterocycles. The van der Waals surface area contributed by atoms with Gasteiger partial charge in [0.15, 0.2) is 6.10 Å². The number of ether oxygens (including phenoxy) is 1. The molecule has 2 atom stereocenters. The lowest BCUT2D eigenvalue weighted by Gasteiger charge is -2.34. The maximum atomic E-state index is 13.1. The molecule has 0 spiro atoms. The lowest BCUT2D eigenvalue weighted by molar-refractivity contribution is -0.125. The standard InChI is InChI=1S/C25H29NO3S2/c1-4-5-8-14-25(30-16-10-17-31-25)15-9-13-20(27)26-22-21(29-23(26)28)18-11-6-7-12-19(18)24(22,2)3/h4-9,11-13,21-22H,1,10,14-17H2,2-3H3/b8-5+,13-9+/t21-,22-/m0/s1. The van der Waals surface area contributed by atoms with Crippen LogP contribution in [-0.4, -0.2) is 38.5 Å². The van der Waals surface area contributed by atoms with Crippen molar-refractivity contribution in [1.82, 2.24) is 4.90 Å². The molecular weight excluding hydrogens is 426 g/mol. The van der Waals surface area contributed by atoms with Crippen LogP contribution >= 0.6 is 23.5 Å². The van der Waals surface area contributed by atoms with Gasteiger partial charge in [-0.05, 0) is 48.0 Å². The Bertz CT molecular complexity index is 930. The zero-order valence-corrected chi connectivity index (χ0v) is 19.7. The van der Waals surface area contributed by atoms with Crippen molar-refractivity contribution in [2.24, 2.45) is 0 Å². The third kappa shape index (κ3) is 4.12. The van der Waals surface area contributed by atoms with E-state index in [-0.39, 0.29) is 21.4 Å². The van der Waals surface area contributed by atoms with E-state index in [0.29, 0.717) is 0 Å². The van der Waals surface area contributed by atoms with Gasteiger partial charge in [-0.25, -0.2) is 9.69 Å². The fourth-order valence-corrected chi connectivity index (χ4v) is 8.02. The Morgan fingerprint density at radius 2 is 1.94 bits per heavy atom. The average Bonchev–Trinajstić information content (AvgIpc) is 3.21. The van der Waals surface area contributed by atoms with Crippen LogP contribution in [0.3, 0.4) is 0 Å². The van der Waals surface area contributed by atoms with Crippen molar-refractivity contribution in [3.8, 4) is 0 Å². The number of hydrogen-bond donors (Lipinski definition) is 0.